The summed E-state index contributed by atoms with van der Waals surface area (Å²) in [6.07, 6.45) is 3.02. The van der Waals surface area contributed by atoms with Crippen molar-refractivity contribution < 1.29 is 14.7 Å². The second kappa shape index (κ2) is 10.1. The molecule has 0 bridgehead atoms. The summed E-state index contributed by atoms with van der Waals surface area (Å²) in [7, 11) is 0. The fraction of sp³-hybridized carbons (Fsp3) is 0.478. The second-order valence-electron chi connectivity index (χ2n) is 8.45. The van der Waals surface area contributed by atoms with Crippen LogP contribution in [-0.2, 0) is 17.8 Å². The summed E-state index contributed by atoms with van der Waals surface area (Å²) < 4.78 is 0. The molecule has 2 atom stereocenters. The number of carbonyl (C=O) groups excluding carboxylic acids is 2. The molecule has 32 heavy (non-hydrogen) atoms. The fourth-order valence-corrected chi connectivity index (χ4v) is 4.29. The molecule has 1 aromatic carbocycles. The van der Waals surface area contributed by atoms with Crippen LogP contribution in [-0.4, -0.2) is 69.6 Å². The van der Waals surface area contributed by atoms with Gasteiger partial charge in [0.2, 0.25) is 5.91 Å². The lowest BCUT2D eigenvalue weighted by atomic mass is 9.93. The molecule has 0 spiro atoms. The molecule has 9 nitrogen and oxygen atoms in total. The van der Waals surface area contributed by atoms with E-state index >= 15 is 0 Å². The third-order valence-corrected chi connectivity index (χ3v) is 6.24. The van der Waals surface area contributed by atoms with E-state index in [1.807, 2.05) is 17.0 Å². The highest BCUT2D eigenvalue weighted by Crippen LogP contribution is 2.18. The molecule has 4 N–H and O–H groups in total. The molecule has 9 heteroatoms. The van der Waals surface area contributed by atoms with Gasteiger partial charge in [-0.3, -0.25) is 9.59 Å². The average molecular weight is 439 g/mol. The number of nitrogens with one attached hydrogen (secondary N) is 3. The first-order valence-electron chi connectivity index (χ1n) is 11.1. The van der Waals surface area contributed by atoms with Crippen molar-refractivity contribution >= 4 is 17.6 Å². The van der Waals surface area contributed by atoms with Gasteiger partial charge in [-0.2, -0.15) is 0 Å². The Balaban J connectivity index is 1.27. The van der Waals surface area contributed by atoms with Crippen LogP contribution < -0.4 is 16.0 Å². The topological polar surface area (TPSA) is 119 Å². The lowest BCUT2D eigenvalue weighted by Gasteiger charge is -2.32. The number of rotatable bonds is 6. The van der Waals surface area contributed by atoms with Crippen LogP contribution in [0.15, 0.2) is 36.7 Å². The normalized spacial score (nSPS) is 19.7. The third-order valence-electron chi connectivity index (χ3n) is 6.24. The van der Waals surface area contributed by atoms with Gasteiger partial charge in [0, 0.05) is 51.3 Å². The average Bonchev–Trinajstić information content (AvgIpc) is 2.82. The Morgan fingerprint density at radius 2 is 1.97 bits per heavy atom. The molecule has 170 valence electrons. The lowest BCUT2D eigenvalue weighted by molar-refractivity contribution is -0.129. The van der Waals surface area contributed by atoms with Crippen LogP contribution in [0.2, 0.25) is 0 Å². The van der Waals surface area contributed by atoms with Crippen LogP contribution in [0.25, 0.3) is 0 Å². The molecule has 2 amide bonds. The lowest BCUT2D eigenvalue weighted by Crippen LogP contribution is -2.49. The smallest absolute Gasteiger partial charge is 0.270 e. The van der Waals surface area contributed by atoms with Crippen molar-refractivity contribution in [3.63, 3.8) is 0 Å². The Morgan fingerprint density at radius 1 is 1.22 bits per heavy atom. The number of nitrogens with zero attached hydrogens (tertiary/aromatic N) is 3. The zero-order valence-corrected chi connectivity index (χ0v) is 18.3. The minimum Gasteiger partial charge on any atom is -0.390 e. The predicted octanol–water partition coefficient (Wildman–Crippen LogP) is 0.705. The molecule has 4 rings (SSSR count). The van der Waals surface area contributed by atoms with Crippen molar-refractivity contribution in [3.8, 4) is 0 Å². The van der Waals surface area contributed by atoms with E-state index in [9.17, 15) is 14.7 Å². The molecular weight excluding hydrogens is 408 g/mol. The van der Waals surface area contributed by atoms with Gasteiger partial charge in [0.05, 0.1) is 6.10 Å². The van der Waals surface area contributed by atoms with Crippen LogP contribution >= 0.6 is 0 Å². The Bertz CT molecular complexity index is 960. The van der Waals surface area contributed by atoms with Gasteiger partial charge in [-0.05, 0) is 30.4 Å². The maximum atomic E-state index is 12.6. The molecule has 1 fully saturated rings. The largest absolute Gasteiger partial charge is 0.390 e. The maximum absolute atomic E-state index is 12.6. The first-order chi connectivity index (χ1) is 15.5. The molecule has 3 heterocycles. The summed E-state index contributed by atoms with van der Waals surface area (Å²) >= 11 is 0. The SMILES string of the molecule is CC(=O)N1CCC(Nc2cc(C(=O)NC[C@@H](O)[C@@H]3Cc4ccccc4CN3)ncn2)CC1. The number of amides is 2. The highest BCUT2D eigenvalue weighted by atomic mass is 16.3. The van der Waals surface area contributed by atoms with Crippen molar-refractivity contribution in [3.05, 3.63) is 53.5 Å². The standard InChI is InChI=1S/C23H30N6O3/c1-15(30)29-8-6-18(7-9-29)28-22-11-20(26-14-27-22)23(32)25-13-21(31)19-10-16-4-2-3-5-17(16)12-24-19/h2-5,11,14,18-19,21,24,31H,6-10,12-13H2,1H3,(H,25,32)(H,26,27,28)/t19-,21+/m0/s1. The van der Waals surface area contributed by atoms with Crippen LogP contribution in [0.4, 0.5) is 5.82 Å². The number of fused-ring (bicyclic) bond motifs is 1. The number of benzene rings is 1. The van der Waals surface area contributed by atoms with Crippen molar-refractivity contribution in [2.45, 2.75) is 50.9 Å². The molecule has 2 aliphatic rings. The summed E-state index contributed by atoms with van der Waals surface area (Å²) in [5.41, 5.74) is 2.72. The number of anilines is 1. The summed E-state index contributed by atoms with van der Waals surface area (Å²) in [5.74, 6) is 0.328. The minimum absolute atomic E-state index is 0.0965. The van der Waals surface area contributed by atoms with Gasteiger partial charge in [-0.25, -0.2) is 9.97 Å². The minimum atomic E-state index is -0.710. The molecular formula is C23H30N6O3. The number of aliphatic hydroxyl groups is 1. The van der Waals surface area contributed by atoms with Gasteiger partial charge in [0.15, 0.2) is 0 Å². The maximum Gasteiger partial charge on any atom is 0.270 e. The monoisotopic (exact) mass is 438 g/mol. The van der Waals surface area contributed by atoms with E-state index in [4.69, 9.17) is 0 Å². The van der Waals surface area contributed by atoms with Crippen molar-refractivity contribution in [1.29, 1.82) is 0 Å². The molecule has 0 radical (unpaired) electrons. The summed E-state index contributed by atoms with van der Waals surface area (Å²) in [6, 6.07) is 9.87. The quantitative estimate of drug-likeness (QED) is 0.524. The zero-order valence-electron chi connectivity index (χ0n) is 18.3. The second-order valence-corrected chi connectivity index (χ2v) is 8.45. The number of likely N-dealkylation sites (tertiary alicyclic amines) is 1. The summed E-state index contributed by atoms with van der Waals surface area (Å²) in [4.78, 5) is 34.2. The van der Waals surface area contributed by atoms with Crippen molar-refractivity contribution in [1.82, 2.24) is 25.5 Å². The van der Waals surface area contributed by atoms with Crippen molar-refractivity contribution in [2.24, 2.45) is 0 Å². The molecule has 0 aliphatic carbocycles. The Morgan fingerprint density at radius 3 is 2.72 bits per heavy atom. The number of aromatic nitrogens is 2. The molecule has 0 saturated carbocycles. The predicted molar refractivity (Wildman–Crippen MR) is 120 cm³/mol. The number of aliphatic hydroxyl groups excluding tert-OH is 1. The van der Waals surface area contributed by atoms with Crippen molar-refractivity contribution in [2.75, 3.05) is 25.0 Å². The Kier molecular flexibility index (Phi) is 6.96. The molecule has 2 aliphatic heterocycles. The van der Waals surface area contributed by atoms with Gasteiger partial charge in [-0.1, -0.05) is 24.3 Å². The zero-order chi connectivity index (χ0) is 22.5. The van der Waals surface area contributed by atoms with Gasteiger partial charge >= 0.3 is 0 Å². The summed E-state index contributed by atoms with van der Waals surface area (Å²) in [5, 5.41) is 20.0. The molecule has 1 saturated heterocycles. The Labute approximate surface area is 187 Å². The van der Waals surface area contributed by atoms with E-state index in [0.717, 1.165) is 19.3 Å². The van der Waals surface area contributed by atoms with E-state index < -0.39 is 6.10 Å². The summed E-state index contributed by atoms with van der Waals surface area (Å²) in [6.45, 7) is 3.85. The number of hydrogen-bond donors (Lipinski definition) is 4. The van der Waals surface area contributed by atoms with E-state index in [0.29, 0.717) is 25.5 Å². The van der Waals surface area contributed by atoms with Crippen LogP contribution in [0, 0.1) is 0 Å². The third kappa shape index (κ3) is 5.41. The fourth-order valence-electron chi connectivity index (χ4n) is 4.29. The van der Waals surface area contributed by atoms with Gasteiger partial charge < -0.3 is 26.0 Å². The van der Waals surface area contributed by atoms with E-state index in [-0.39, 0.29) is 36.1 Å². The number of piperidine rings is 1. The number of hydrogen-bond acceptors (Lipinski definition) is 7. The molecule has 0 unspecified atom stereocenters. The highest BCUT2D eigenvalue weighted by Gasteiger charge is 2.25. The van der Waals surface area contributed by atoms with Gasteiger partial charge in [0.25, 0.3) is 5.91 Å². The number of carbonyl (C=O) groups is 2. The van der Waals surface area contributed by atoms with E-state index in [1.165, 1.54) is 17.5 Å². The first kappa shape index (κ1) is 22.2. The van der Waals surface area contributed by atoms with Crippen LogP contribution in [0.1, 0.15) is 41.4 Å². The first-order valence-corrected chi connectivity index (χ1v) is 11.1. The van der Waals surface area contributed by atoms with E-state index in [2.05, 4.69) is 38.1 Å². The molecule has 2 aromatic rings. The highest BCUT2D eigenvalue weighted by molar-refractivity contribution is 5.92. The molecule has 1 aromatic heterocycles. The van der Waals surface area contributed by atoms with Crippen LogP contribution in [0.3, 0.4) is 0 Å². The Hall–Kier alpha value is -3.04. The van der Waals surface area contributed by atoms with Crippen LogP contribution in [0.5, 0.6) is 0 Å². The van der Waals surface area contributed by atoms with Gasteiger partial charge in [-0.15, -0.1) is 0 Å². The van der Waals surface area contributed by atoms with E-state index in [1.54, 1.807) is 13.0 Å². The van der Waals surface area contributed by atoms with Gasteiger partial charge in [0.1, 0.15) is 17.8 Å².